The number of hydrogen-bond donors (Lipinski definition) is 1. The average molecular weight is 457 g/mol. The zero-order chi connectivity index (χ0) is 22.7. The van der Waals surface area contributed by atoms with Gasteiger partial charge in [-0.3, -0.25) is 4.90 Å². The van der Waals surface area contributed by atoms with Crippen molar-refractivity contribution in [3.63, 3.8) is 0 Å². The Morgan fingerprint density at radius 3 is 2.41 bits per heavy atom. The molecule has 1 aliphatic heterocycles. The maximum Gasteiger partial charge on any atom is 0.243 e. The van der Waals surface area contributed by atoms with Crippen LogP contribution in [0.1, 0.15) is 18.2 Å². The van der Waals surface area contributed by atoms with Gasteiger partial charge in [-0.15, -0.1) is 0 Å². The van der Waals surface area contributed by atoms with E-state index in [0.29, 0.717) is 31.1 Å². The summed E-state index contributed by atoms with van der Waals surface area (Å²) in [5, 5.41) is 12.1. The predicted octanol–water partition coefficient (Wildman–Crippen LogP) is 2.59. The minimum absolute atomic E-state index is 0.314. The molecule has 0 radical (unpaired) electrons. The van der Waals surface area contributed by atoms with E-state index >= 15 is 0 Å². The van der Waals surface area contributed by atoms with E-state index < -0.39 is 16.3 Å². The fourth-order valence-electron chi connectivity index (χ4n) is 4.27. The van der Waals surface area contributed by atoms with Gasteiger partial charge in [0.15, 0.2) is 0 Å². The van der Waals surface area contributed by atoms with Crippen molar-refractivity contribution in [1.29, 1.82) is 0 Å². The summed E-state index contributed by atoms with van der Waals surface area (Å²) in [6.45, 7) is 3.69. The van der Waals surface area contributed by atoms with Crippen LogP contribution in [0.25, 0.3) is 10.9 Å². The summed E-state index contributed by atoms with van der Waals surface area (Å²) in [5.41, 5.74) is 2.00. The number of nitrogens with zero attached hydrogens (tertiary/aromatic N) is 4. The minimum Gasteiger partial charge on any atom is -0.374 e. The van der Waals surface area contributed by atoms with Gasteiger partial charge in [-0.05, 0) is 68.3 Å². The Labute approximate surface area is 190 Å². The molecule has 0 saturated carbocycles. The highest BCUT2D eigenvalue weighted by atomic mass is 32.2. The van der Waals surface area contributed by atoms with Gasteiger partial charge in [-0.1, -0.05) is 24.3 Å². The zero-order valence-electron chi connectivity index (χ0n) is 18.8. The summed E-state index contributed by atoms with van der Waals surface area (Å²) in [6, 6.07) is 16.7. The molecule has 1 fully saturated rings. The maximum atomic E-state index is 12.8. The molecule has 2 aromatic carbocycles. The second kappa shape index (κ2) is 9.72. The third-order valence-electron chi connectivity index (χ3n) is 6.10. The Morgan fingerprint density at radius 1 is 1.00 bits per heavy atom. The van der Waals surface area contributed by atoms with E-state index in [1.54, 1.807) is 24.3 Å². The molecular weight excluding hydrogens is 424 g/mol. The second-order valence-corrected chi connectivity index (χ2v) is 10.5. The molecule has 4 rings (SSSR count). The van der Waals surface area contributed by atoms with Crippen molar-refractivity contribution < 1.29 is 13.5 Å². The molecule has 1 aromatic heterocycles. The van der Waals surface area contributed by atoms with Crippen LogP contribution in [0.5, 0.6) is 0 Å². The number of aromatic nitrogens is 1. The van der Waals surface area contributed by atoms with E-state index in [2.05, 4.69) is 41.9 Å². The first-order chi connectivity index (χ1) is 15.4. The van der Waals surface area contributed by atoms with Crippen LogP contribution in [0.4, 0.5) is 0 Å². The van der Waals surface area contributed by atoms with E-state index in [9.17, 15) is 13.5 Å². The van der Waals surface area contributed by atoms with Crippen LogP contribution in [0.2, 0.25) is 0 Å². The summed E-state index contributed by atoms with van der Waals surface area (Å²) in [6.07, 6.45) is 2.43. The third kappa shape index (κ3) is 4.89. The number of fused-ring (bicyclic) bond motifs is 1. The van der Waals surface area contributed by atoms with Gasteiger partial charge in [0.2, 0.25) is 10.0 Å². The summed E-state index contributed by atoms with van der Waals surface area (Å²) in [5.74, 6) is 0. The molecule has 1 unspecified atom stereocenters. The molecule has 1 saturated heterocycles. The van der Waals surface area contributed by atoms with E-state index in [0.717, 1.165) is 30.5 Å². The second-order valence-electron chi connectivity index (χ2n) is 8.61. The smallest absolute Gasteiger partial charge is 0.243 e. The van der Waals surface area contributed by atoms with Gasteiger partial charge in [0.25, 0.3) is 0 Å². The molecule has 3 aromatic rings. The Balaban J connectivity index is 1.40. The highest BCUT2D eigenvalue weighted by Gasteiger charge is 2.30. The number of rotatable bonds is 8. The highest BCUT2D eigenvalue weighted by Crippen LogP contribution is 2.26. The molecule has 2 heterocycles. The van der Waals surface area contributed by atoms with Crippen LogP contribution in [0, 0.1) is 0 Å². The molecule has 8 heteroatoms. The monoisotopic (exact) mass is 456 g/mol. The summed E-state index contributed by atoms with van der Waals surface area (Å²) in [7, 11) is 0.668. The van der Waals surface area contributed by atoms with Crippen molar-refractivity contribution in [3.8, 4) is 0 Å². The Hall–Kier alpha value is -2.23. The first-order valence-corrected chi connectivity index (χ1v) is 12.5. The van der Waals surface area contributed by atoms with Gasteiger partial charge < -0.3 is 14.6 Å². The van der Waals surface area contributed by atoms with Crippen LogP contribution < -0.4 is 0 Å². The minimum atomic E-state index is -3.50. The standard InChI is InChI=1S/C24H32N4O3S/c1-25(2)12-6-13-26-14-11-20-19-21(9-10-23(20)26)24(29)27-15-17-28(18-16-27)32(30,31)22-7-4-3-5-8-22/h3-5,7-11,14,19,24,29H,6,12-13,15-18H2,1-2H3. The number of aliphatic hydroxyl groups is 1. The lowest BCUT2D eigenvalue weighted by Crippen LogP contribution is -2.49. The first-order valence-electron chi connectivity index (χ1n) is 11.1. The molecule has 1 N–H and O–H groups in total. The molecule has 0 bridgehead atoms. The molecule has 7 nitrogen and oxygen atoms in total. The van der Waals surface area contributed by atoms with Gasteiger partial charge in [0, 0.05) is 44.4 Å². The zero-order valence-corrected chi connectivity index (χ0v) is 19.6. The fraction of sp³-hybridized carbons (Fsp3) is 0.417. The quantitative estimate of drug-likeness (QED) is 0.564. The SMILES string of the molecule is CN(C)CCCn1ccc2cc(C(O)N3CCN(S(=O)(=O)c4ccccc4)CC3)ccc21. The van der Waals surface area contributed by atoms with Gasteiger partial charge in [-0.2, -0.15) is 4.31 Å². The van der Waals surface area contributed by atoms with Gasteiger partial charge in [0.1, 0.15) is 6.23 Å². The summed E-state index contributed by atoms with van der Waals surface area (Å²) in [4.78, 5) is 4.44. The van der Waals surface area contributed by atoms with Gasteiger partial charge in [-0.25, -0.2) is 8.42 Å². The number of hydrogen-bond acceptors (Lipinski definition) is 5. The highest BCUT2D eigenvalue weighted by molar-refractivity contribution is 7.89. The lowest BCUT2D eigenvalue weighted by molar-refractivity contribution is -0.0158. The van der Waals surface area contributed by atoms with Crippen LogP contribution in [-0.2, 0) is 16.6 Å². The molecule has 1 aliphatic rings. The summed E-state index contributed by atoms with van der Waals surface area (Å²) < 4.78 is 29.4. The average Bonchev–Trinajstić information content (AvgIpc) is 3.21. The Morgan fingerprint density at radius 2 is 1.72 bits per heavy atom. The maximum absolute atomic E-state index is 12.8. The van der Waals surface area contributed by atoms with E-state index in [4.69, 9.17) is 0 Å². The van der Waals surface area contributed by atoms with E-state index in [1.807, 2.05) is 23.1 Å². The lowest BCUT2D eigenvalue weighted by Gasteiger charge is -2.36. The number of benzene rings is 2. The molecule has 0 spiro atoms. The molecule has 172 valence electrons. The number of aryl methyl sites for hydroxylation is 1. The van der Waals surface area contributed by atoms with Crippen molar-refractivity contribution in [2.24, 2.45) is 0 Å². The topological polar surface area (TPSA) is 69.0 Å². The van der Waals surface area contributed by atoms with E-state index in [1.165, 1.54) is 9.82 Å². The van der Waals surface area contributed by atoms with Crippen molar-refractivity contribution >= 4 is 20.9 Å². The van der Waals surface area contributed by atoms with Crippen molar-refractivity contribution in [2.45, 2.75) is 24.1 Å². The fourth-order valence-corrected chi connectivity index (χ4v) is 5.72. The number of aliphatic hydroxyl groups excluding tert-OH is 1. The molecule has 0 amide bonds. The largest absolute Gasteiger partial charge is 0.374 e. The first kappa shape index (κ1) is 22.9. The molecule has 0 aliphatic carbocycles. The lowest BCUT2D eigenvalue weighted by atomic mass is 10.1. The van der Waals surface area contributed by atoms with Gasteiger partial charge >= 0.3 is 0 Å². The third-order valence-corrected chi connectivity index (χ3v) is 8.01. The van der Waals surface area contributed by atoms with Crippen LogP contribution in [0.15, 0.2) is 65.7 Å². The Kier molecular flexibility index (Phi) is 6.97. The number of piperazine rings is 1. The van der Waals surface area contributed by atoms with Gasteiger partial charge in [0.05, 0.1) is 4.90 Å². The van der Waals surface area contributed by atoms with Crippen molar-refractivity contribution in [1.82, 2.24) is 18.7 Å². The van der Waals surface area contributed by atoms with Crippen LogP contribution >= 0.6 is 0 Å². The van der Waals surface area contributed by atoms with Crippen LogP contribution in [0.3, 0.4) is 0 Å². The number of sulfonamides is 1. The molecule has 1 atom stereocenters. The van der Waals surface area contributed by atoms with Crippen LogP contribution in [-0.4, -0.2) is 79.0 Å². The Bertz CT molecular complexity index is 1140. The summed E-state index contributed by atoms with van der Waals surface area (Å²) >= 11 is 0. The van der Waals surface area contributed by atoms with E-state index in [-0.39, 0.29) is 0 Å². The molecular formula is C24H32N4O3S. The molecule has 32 heavy (non-hydrogen) atoms. The van der Waals surface area contributed by atoms with Crippen molar-refractivity contribution in [2.75, 3.05) is 46.8 Å². The predicted molar refractivity (Wildman–Crippen MR) is 127 cm³/mol. The van der Waals surface area contributed by atoms with Crippen molar-refractivity contribution in [3.05, 3.63) is 66.4 Å². The normalized spacial score (nSPS) is 17.2.